The minimum Gasteiger partial charge on any atom is -0.351 e. The second-order valence-electron chi connectivity index (χ2n) is 11.2. The molecule has 0 radical (unpaired) electrons. The molecule has 0 bridgehead atoms. The van der Waals surface area contributed by atoms with Gasteiger partial charge in [-0.1, -0.05) is 46.5 Å². The lowest BCUT2D eigenvalue weighted by atomic mass is 9.91. The van der Waals surface area contributed by atoms with Crippen LogP contribution in [0.1, 0.15) is 108 Å². The highest BCUT2D eigenvalue weighted by molar-refractivity contribution is 7.19. The van der Waals surface area contributed by atoms with Crippen molar-refractivity contribution in [2.24, 2.45) is 0 Å². The lowest BCUT2D eigenvalue weighted by Gasteiger charge is -2.45. The third-order valence-corrected chi connectivity index (χ3v) is 9.93. The Hall–Kier alpha value is -1.86. The average molecular weight is 529 g/mol. The highest BCUT2D eigenvalue weighted by atomic mass is 32.1. The van der Waals surface area contributed by atoms with Crippen LogP contribution in [-0.4, -0.2) is 63.4 Å². The zero-order valence-corrected chi connectivity index (χ0v) is 24.6. The average Bonchev–Trinajstić information content (AvgIpc) is 3.47. The highest BCUT2D eigenvalue weighted by Crippen LogP contribution is 2.36. The molecule has 6 nitrogen and oxygen atoms in total. The van der Waals surface area contributed by atoms with Crippen LogP contribution in [0.3, 0.4) is 0 Å². The number of hydrogen-bond donors (Lipinski definition) is 1. The lowest BCUT2D eigenvalue weighted by molar-refractivity contribution is -0.133. The molecule has 2 aromatic rings. The van der Waals surface area contributed by atoms with Crippen LogP contribution in [0, 0.1) is 0 Å². The summed E-state index contributed by atoms with van der Waals surface area (Å²) in [6.45, 7) is 13.8. The topological polar surface area (TPSA) is 57.6 Å². The Morgan fingerprint density at radius 2 is 1.81 bits per heavy atom. The Balaban J connectivity index is 0.00000156. The number of carbonyl (C=O) groups excluding carboxylic acids is 2. The number of rotatable bonds is 7. The van der Waals surface area contributed by atoms with Gasteiger partial charge in [-0.3, -0.25) is 9.59 Å². The molecule has 1 aliphatic carbocycles. The van der Waals surface area contributed by atoms with Crippen LogP contribution in [-0.2, 0) is 17.8 Å². The third kappa shape index (κ3) is 5.78. The summed E-state index contributed by atoms with van der Waals surface area (Å²) in [6.07, 6.45) is 11.4. The number of carbonyl (C=O) groups is 2. The van der Waals surface area contributed by atoms with E-state index in [0.29, 0.717) is 19.1 Å². The van der Waals surface area contributed by atoms with Crippen LogP contribution in [0.15, 0.2) is 12.1 Å². The maximum atomic E-state index is 13.9. The van der Waals surface area contributed by atoms with Gasteiger partial charge in [-0.25, -0.2) is 0 Å². The number of piperidine rings is 1. The van der Waals surface area contributed by atoms with Crippen molar-refractivity contribution in [3.05, 3.63) is 22.7 Å². The third-order valence-electron chi connectivity index (χ3n) is 8.71. The SMILES string of the molecule is CC.CCc1cc2c(cc3n2CC(C)(C(=O)NC2CCCCC2)N(CCCN2CCCCC2C)C3=O)s1. The first-order valence-electron chi connectivity index (χ1n) is 14.9. The van der Waals surface area contributed by atoms with Crippen molar-refractivity contribution in [2.45, 2.75) is 123 Å². The second-order valence-corrected chi connectivity index (χ2v) is 12.4. The highest BCUT2D eigenvalue weighted by Gasteiger charge is 2.48. The van der Waals surface area contributed by atoms with Crippen LogP contribution in [0.4, 0.5) is 0 Å². The fraction of sp³-hybridized carbons (Fsp3) is 0.733. The number of aromatic nitrogens is 1. The van der Waals surface area contributed by atoms with Crippen molar-refractivity contribution in [1.29, 1.82) is 0 Å². The van der Waals surface area contributed by atoms with E-state index in [1.807, 2.05) is 25.7 Å². The quantitative estimate of drug-likeness (QED) is 0.464. The van der Waals surface area contributed by atoms with E-state index >= 15 is 0 Å². The van der Waals surface area contributed by atoms with Gasteiger partial charge in [0.2, 0.25) is 5.91 Å². The van der Waals surface area contributed by atoms with Crippen molar-refractivity contribution >= 4 is 33.4 Å². The van der Waals surface area contributed by atoms with Crippen molar-refractivity contribution in [3.8, 4) is 0 Å². The number of hydrogen-bond acceptors (Lipinski definition) is 4. The molecule has 2 atom stereocenters. The van der Waals surface area contributed by atoms with E-state index < -0.39 is 5.54 Å². The maximum Gasteiger partial charge on any atom is 0.271 e. The van der Waals surface area contributed by atoms with Gasteiger partial charge >= 0.3 is 0 Å². The summed E-state index contributed by atoms with van der Waals surface area (Å²) in [5.74, 6) is 0.0215. The van der Waals surface area contributed by atoms with Crippen molar-refractivity contribution < 1.29 is 9.59 Å². The molecule has 1 N–H and O–H groups in total. The predicted molar refractivity (Wildman–Crippen MR) is 155 cm³/mol. The first-order valence-corrected chi connectivity index (χ1v) is 15.7. The molecule has 37 heavy (non-hydrogen) atoms. The van der Waals surface area contributed by atoms with E-state index in [4.69, 9.17) is 0 Å². The van der Waals surface area contributed by atoms with Gasteiger partial charge in [-0.15, -0.1) is 11.3 Å². The molecule has 2 aromatic heterocycles. The molecule has 2 fully saturated rings. The molecular weight excluding hydrogens is 480 g/mol. The van der Waals surface area contributed by atoms with E-state index in [1.165, 1.54) is 43.4 Å². The van der Waals surface area contributed by atoms with E-state index in [0.717, 1.165) is 54.7 Å². The second kappa shape index (κ2) is 12.3. The summed E-state index contributed by atoms with van der Waals surface area (Å²) in [7, 11) is 0. The fourth-order valence-corrected chi connectivity index (χ4v) is 7.46. The molecule has 4 heterocycles. The van der Waals surface area contributed by atoms with Gasteiger partial charge in [0.1, 0.15) is 11.2 Å². The van der Waals surface area contributed by atoms with Crippen LogP contribution < -0.4 is 5.32 Å². The number of thiophene rings is 1. The van der Waals surface area contributed by atoms with Crippen LogP contribution >= 0.6 is 11.3 Å². The Morgan fingerprint density at radius 1 is 1.08 bits per heavy atom. The molecular formula is C30H48N4O2S. The first kappa shape index (κ1) is 28.2. The molecule has 2 aliphatic heterocycles. The minimum absolute atomic E-state index is 0.00526. The normalized spacial score (nSPS) is 25.1. The van der Waals surface area contributed by atoms with Crippen molar-refractivity contribution in [1.82, 2.24) is 19.7 Å². The van der Waals surface area contributed by atoms with E-state index in [2.05, 4.69) is 40.8 Å². The molecule has 206 valence electrons. The van der Waals surface area contributed by atoms with E-state index in [1.54, 1.807) is 11.3 Å². The zero-order valence-electron chi connectivity index (χ0n) is 23.8. The summed E-state index contributed by atoms with van der Waals surface area (Å²) < 4.78 is 3.28. The van der Waals surface area contributed by atoms with Crippen LogP contribution in [0.5, 0.6) is 0 Å². The Labute approximate surface area is 227 Å². The molecule has 1 saturated carbocycles. The fourth-order valence-electron chi connectivity index (χ4n) is 6.42. The van der Waals surface area contributed by atoms with Crippen LogP contribution in [0.25, 0.3) is 10.2 Å². The molecule has 0 spiro atoms. The van der Waals surface area contributed by atoms with E-state index in [-0.39, 0.29) is 17.9 Å². The molecule has 5 rings (SSSR count). The number of fused-ring (bicyclic) bond motifs is 3. The largest absolute Gasteiger partial charge is 0.351 e. The summed E-state index contributed by atoms with van der Waals surface area (Å²) in [6, 6.07) is 5.11. The van der Waals surface area contributed by atoms with Gasteiger partial charge in [0.15, 0.2) is 0 Å². The minimum atomic E-state index is -0.880. The van der Waals surface area contributed by atoms with Crippen molar-refractivity contribution in [3.63, 3.8) is 0 Å². The summed E-state index contributed by atoms with van der Waals surface area (Å²) >= 11 is 1.77. The van der Waals surface area contributed by atoms with Gasteiger partial charge in [0.05, 0.1) is 16.8 Å². The number of nitrogens with zero attached hydrogens (tertiary/aromatic N) is 3. The summed E-state index contributed by atoms with van der Waals surface area (Å²) in [4.78, 5) is 33.6. The Morgan fingerprint density at radius 3 is 2.51 bits per heavy atom. The molecule has 0 aromatic carbocycles. The summed E-state index contributed by atoms with van der Waals surface area (Å²) in [5, 5.41) is 3.36. The first-order chi connectivity index (χ1) is 17.9. The number of aryl methyl sites for hydroxylation is 1. The standard InChI is InChI=1S/C28H42N4O2S.C2H6/c1-4-22-17-23-25(35-22)18-24-26(33)32(16-10-15-30-14-9-8-11-20(30)2)28(3,19-31(23)24)27(34)29-21-12-6-5-7-13-21;1-2/h17-18,20-21H,4-16,19H2,1-3H3,(H,29,34);1-2H3. The Bertz CT molecular complexity index is 1070. The Kier molecular flexibility index (Phi) is 9.38. The summed E-state index contributed by atoms with van der Waals surface area (Å²) in [5.41, 5.74) is 0.965. The zero-order chi connectivity index (χ0) is 26.6. The molecule has 1 saturated heterocycles. The molecule has 7 heteroatoms. The van der Waals surface area contributed by atoms with Gasteiger partial charge in [-0.2, -0.15) is 0 Å². The lowest BCUT2D eigenvalue weighted by Crippen LogP contribution is -2.65. The smallest absolute Gasteiger partial charge is 0.271 e. The maximum absolute atomic E-state index is 13.9. The molecule has 2 amide bonds. The number of amides is 2. The van der Waals surface area contributed by atoms with Gasteiger partial charge in [0, 0.05) is 30.1 Å². The molecule has 2 unspecified atom stereocenters. The molecule has 3 aliphatic rings. The van der Waals surface area contributed by atoms with Gasteiger partial charge in [0.25, 0.3) is 5.91 Å². The van der Waals surface area contributed by atoms with Gasteiger partial charge in [-0.05, 0) is 71.0 Å². The van der Waals surface area contributed by atoms with Gasteiger partial charge < -0.3 is 19.7 Å². The van der Waals surface area contributed by atoms with Crippen molar-refractivity contribution in [2.75, 3.05) is 19.6 Å². The number of nitrogens with one attached hydrogen (secondary N) is 1. The van der Waals surface area contributed by atoms with Crippen LogP contribution in [0.2, 0.25) is 0 Å². The van der Waals surface area contributed by atoms with E-state index in [9.17, 15) is 9.59 Å². The number of likely N-dealkylation sites (tertiary alicyclic amines) is 1. The predicted octanol–water partition coefficient (Wildman–Crippen LogP) is 6.22. The monoisotopic (exact) mass is 528 g/mol.